The van der Waals surface area contributed by atoms with Crippen molar-refractivity contribution in [1.29, 1.82) is 0 Å². The number of benzene rings is 2. The molecule has 0 atom stereocenters. The highest BCUT2D eigenvalue weighted by Gasteiger charge is 2.22. The molecule has 1 fully saturated rings. The highest BCUT2D eigenvalue weighted by atomic mass is 35.5. The van der Waals surface area contributed by atoms with Gasteiger partial charge in [-0.1, -0.05) is 31.5 Å². The van der Waals surface area contributed by atoms with Crippen molar-refractivity contribution in [1.82, 2.24) is 4.90 Å². The molecule has 0 bridgehead atoms. The molecular weight excluding hydrogens is 484 g/mol. The van der Waals surface area contributed by atoms with Gasteiger partial charge in [-0.05, 0) is 37.3 Å². The summed E-state index contributed by atoms with van der Waals surface area (Å²) in [5.74, 6) is 0.843. The van der Waals surface area contributed by atoms with Crippen LogP contribution in [0.15, 0.2) is 41.4 Å². The minimum atomic E-state index is -0.590. The van der Waals surface area contributed by atoms with Crippen LogP contribution in [0.1, 0.15) is 36.7 Å². The molecule has 0 N–H and O–H groups in total. The number of carbonyl (C=O) groups is 1. The van der Waals surface area contributed by atoms with Crippen LogP contribution in [0.4, 0.5) is 5.69 Å². The number of nitrogens with zero attached hydrogens (tertiary/aromatic N) is 2. The minimum absolute atomic E-state index is 0.241. The van der Waals surface area contributed by atoms with Gasteiger partial charge in [-0.15, -0.1) is 0 Å². The molecule has 9 heteroatoms. The Kier molecular flexibility index (Phi) is 12.3. The zero-order valence-corrected chi connectivity index (χ0v) is 22.6. The van der Waals surface area contributed by atoms with Gasteiger partial charge in [0.1, 0.15) is 5.69 Å². The van der Waals surface area contributed by atoms with E-state index in [1.54, 1.807) is 36.6 Å². The Morgan fingerprint density at radius 3 is 2.22 bits per heavy atom. The van der Waals surface area contributed by atoms with Gasteiger partial charge in [-0.2, -0.15) is 0 Å². The number of aliphatic imine (C=N–C) groups is 1. The molecule has 0 aliphatic carbocycles. The summed E-state index contributed by atoms with van der Waals surface area (Å²) in [6, 6.07) is 6.56. The summed E-state index contributed by atoms with van der Waals surface area (Å²) in [5, 5.41) is 0.503. The topological polar surface area (TPSA) is 78.8 Å². The van der Waals surface area contributed by atoms with Crippen LogP contribution < -0.4 is 18.9 Å². The first kappa shape index (κ1) is 29.2. The van der Waals surface area contributed by atoms with Crippen molar-refractivity contribution < 1.29 is 28.5 Å². The molecule has 0 unspecified atom stereocenters. The van der Waals surface area contributed by atoms with E-state index in [1.165, 1.54) is 21.3 Å². The Labute approximate surface area is 218 Å². The van der Waals surface area contributed by atoms with Crippen LogP contribution in [-0.4, -0.2) is 64.7 Å². The van der Waals surface area contributed by atoms with E-state index in [1.807, 2.05) is 26.8 Å². The lowest BCUT2D eigenvalue weighted by molar-refractivity contribution is 0.0337. The Hall–Kier alpha value is -3.07. The molecule has 2 aromatic rings. The number of esters is 1. The summed E-state index contributed by atoms with van der Waals surface area (Å²) >= 11 is 6.40. The zero-order chi connectivity index (χ0) is 26.5. The monoisotopic (exact) mass is 518 g/mol. The Bertz CT molecular complexity index is 1040. The SMILES string of the molecule is C/C=C\C=Nc1cc(Cl)cc(CN2CCOCC2)c1OC(=O)c1cc(OC)c(OC)c(OC)c1.CC. The third kappa shape index (κ3) is 7.71. The molecule has 1 heterocycles. The zero-order valence-electron chi connectivity index (χ0n) is 21.8. The van der Waals surface area contributed by atoms with E-state index in [0.717, 1.165) is 18.7 Å². The second-order valence-electron chi connectivity index (χ2n) is 7.41. The summed E-state index contributed by atoms with van der Waals surface area (Å²) in [4.78, 5) is 19.9. The quantitative estimate of drug-likeness (QED) is 0.238. The van der Waals surface area contributed by atoms with Crippen LogP contribution in [0.2, 0.25) is 5.02 Å². The van der Waals surface area contributed by atoms with Crippen molar-refractivity contribution >= 4 is 29.5 Å². The van der Waals surface area contributed by atoms with Crippen LogP contribution in [-0.2, 0) is 11.3 Å². The number of carbonyl (C=O) groups excluding carboxylic acids is 1. The van der Waals surface area contributed by atoms with Gasteiger partial charge in [0, 0.05) is 36.4 Å². The molecule has 1 aliphatic rings. The maximum atomic E-state index is 13.3. The van der Waals surface area contributed by atoms with Gasteiger partial charge in [0.25, 0.3) is 0 Å². The van der Waals surface area contributed by atoms with Crippen molar-refractivity contribution in [2.24, 2.45) is 4.99 Å². The second kappa shape index (κ2) is 15.1. The number of hydrogen-bond acceptors (Lipinski definition) is 8. The van der Waals surface area contributed by atoms with Crippen molar-refractivity contribution in [3.8, 4) is 23.0 Å². The van der Waals surface area contributed by atoms with Gasteiger partial charge in [0.2, 0.25) is 5.75 Å². The first-order valence-electron chi connectivity index (χ1n) is 11.8. The fourth-order valence-electron chi connectivity index (χ4n) is 3.53. The summed E-state index contributed by atoms with van der Waals surface area (Å²) in [6.45, 7) is 9.25. The smallest absolute Gasteiger partial charge is 0.343 e. The van der Waals surface area contributed by atoms with E-state index in [2.05, 4.69) is 9.89 Å². The molecule has 0 saturated carbocycles. The average Bonchev–Trinajstić information content (AvgIpc) is 2.91. The van der Waals surface area contributed by atoms with Gasteiger partial charge in [-0.3, -0.25) is 9.89 Å². The van der Waals surface area contributed by atoms with Crippen molar-refractivity contribution in [3.63, 3.8) is 0 Å². The maximum Gasteiger partial charge on any atom is 0.343 e. The van der Waals surface area contributed by atoms with E-state index >= 15 is 0 Å². The molecule has 0 amide bonds. The molecule has 2 aromatic carbocycles. The Balaban J connectivity index is 0.00000222. The lowest BCUT2D eigenvalue weighted by Gasteiger charge is -2.27. The molecule has 3 rings (SSSR count). The third-order valence-corrected chi connectivity index (χ3v) is 5.41. The van der Waals surface area contributed by atoms with E-state index in [-0.39, 0.29) is 5.56 Å². The molecule has 0 radical (unpaired) electrons. The number of halogens is 1. The minimum Gasteiger partial charge on any atom is -0.493 e. The lowest BCUT2D eigenvalue weighted by atomic mass is 10.1. The number of ether oxygens (including phenoxy) is 5. The summed E-state index contributed by atoms with van der Waals surface area (Å²) in [6.07, 6.45) is 5.26. The van der Waals surface area contributed by atoms with Crippen LogP contribution in [0.3, 0.4) is 0 Å². The molecule has 0 aromatic heterocycles. The summed E-state index contributed by atoms with van der Waals surface area (Å²) < 4.78 is 27.4. The molecule has 36 heavy (non-hydrogen) atoms. The van der Waals surface area contributed by atoms with Gasteiger partial charge < -0.3 is 23.7 Å². The summed E-state index contributed by atoms with van der Waals surface area (Å²) in [5.41, 5.74) is 1.45. The maximum absolute atomic E-state index is 13.3. The van der Waals surface area contributed by atoms with Gasteiger partial charge in [0.05, 0.1) is 40.1 Å². The van der Waals surface area contributed by atoms with Crippen LogP contribution >= 0.6 is 11.6 Å². The predicted molar refractivity (Wildman–Crippen MR) is 143 cm³/mol. The van der Waals surface area contributed by atoms with E-state index in [4.69, 9.17) is 35.3 Å². The fraction of sp³-hybridized carbons (Fsp3) is 0.407. The van der Waals surface area contributed by atoms with Gasteiger partial charge in [-0.25, -0.2) is 4.79 Å². The largest absolute Gasteiger partial charge is 0.493 e. The van der Waals surface area contributed by atoms with Crippen LogP contribution in [0.5, 0.6) is 23.0 Å². The number of allylic oxidation sites excluding steroid dienone is 2. The molecule has 1 saturated heterocycles. The molecular formula is C27H35ClN2O6. The first-order chi connectivity index (χ1) is 17.5. The van der Waals surface area contributed by atoms with Crippen molar-refractivity contribution in [2.75, 3.05) is 47.6 Å². The highest BCUT2D eigenvalue weighted by Crippen LogP contribution is 2.40. The molecule has 0 spiro atoms. The number of rotatable bonds is 9. The van der Waals surface area contributed by atoms with E-state index in [0.29, 0.717) is 53.5 Å². The van der Waals surface area contributed by atoms with Crippen LogP contribution in [0.25, 0.3) is 0 Å². The molecule has 196 valence electrons. The standard InChI is InChI=1S/C25H29ClN2O6.C2H6/c1-5-6-7-27-20-15-19(26)12-18(16-28-8-10-33-11-9-28)23(20)34-25(29)17-13-21(30-2)24(32-4)22(14-17)31-3;1-2/h5-7,12-15H,8-11,16H2,1-4H3;1-2H3/b6-5-,27-7?;. The average molecular weight is 519 g/mol. The van der Waals surface area contributed by atoms with Gasteiger partial charge in [0.15, 0.2) is 17.2 Å². The van der Waals surface area contributed by atoms with Crippen LogP contribution in [0, 0.1) is 0 Å². The Morgan fingerprint density at radius 2 is 1.67 bits per heavy atom. The number of hydrogen-bond donors (Lipinski definition) is 0. The normalized spacial score (nSPS) is 13.9. The van der Waals surface area contributed by atoms with Crippen molar-refractivity contribution in [2.45, 2.75) is 27.3 Å². The van der Waals surface area contributed by atoms with E-state index in [9.17, 15) is 4.79 Å². The molecule has 8 nitrogen and oxygen atoms in total. The van der Waals surface area contributed by atoms with Crippen molar-refractivity contribution in [3.05, 3.63) is 52.6 Å². The molecule has 1 aliphatic heterocycles. The van der Waals surface area contributed by atoms with Gasteiger partial charge >= 0.3 is 5.97 Å². The summed E-state index contributed by atoms with van der Waals surface area (Å²) in [7, 11) is 4.47. The Morgan fingerprint density at radius 1 is 1.03 bits per heavy atom. The lowest BCUT2D eigenvalue weighted by Crippen LogP contribution is -2.35. The second-order valence-corrected chi connectivity index (χ2v) is 7.85. The fourth-order valence-corrected chi connectivity index (χ4v) is 3.76. The first-order valence-corrected chi connectivity index (χ1v) is 12.2. The third-order valence-electron chi connectivity index (χ3n) is 5.20. The highest BCUT2D eigenvalue weighted by molar-refractivity contribution is 6.31. The van der Waals surface area contributed by atoms with E-state index < -0.39 is 5.97 Å². The predicted octanol–water partition coefficient (Wildman–Crippen LogP) is 5.72. The number of methoxy groups -OCH3 is 3. The number of morpholine rings is 1.